The van der Waals surface area contributed by atoms with Gasteiger partial charge < -0.3 is 0 Å². The molecular weight excluding hydrogens is 171 g/mol. The molecule has 0 aromatic rings. The van der Waals surface area contributed by atoms with Crippen LogP contribution >= 0.6 is 0 Å². The number of carbonyl (C=O) groups excluding carboxylic acids is 1. The summed E-state index contributed by atoms with van der Waals surface area (Å²) in [6, 6.07) is 0. The maximum atomic E-state index is 10.4. The Balaban J connectivity index is 3.06. The van der Waals surface area contributed by atoms with Crippen LogP contribution in [-0.4, -0.2) is 28.6 Å². The van der Waals surface area contributed by atoms with Crippen LogP contribution in [0.1, 0.15) is 13.3 Å². The Hall–Kier alpha value is -0.0105. The van der Waals surface area contributed by atoms with E-state index < -0.39 is 0 Å². The minimum atomic E-state index is -0.119. The van der Waals surface area contributed by atoms with Crippen LogP contribution in [0, 0.1) is 0 Å². The Kier molecular flexibility index (Phi) is 5.13. The molecule has 0 aromatic heterocycles. The summed E-state index contributed by atoms with van der Waals surface area (Å²) in [5.74, 6) is -0.119. The molecule has 0 N–H and O–H groups in total. The van der Waals surface area contributed by atoms with Gasteiger partial charge in [0, 0.05) is 0 Å². The first-order valence-electron chi connectivity index (χ1n) is 2.55. The third kappa shape index (κ3) is 4.16. The van der Waals surface area contributed by atoms with E-state index in [2.05, 4.69) is 20.7 Å². The number of carbonyl (C=O) groups is 1. The number of hydrogen-bond donors (Lipinski definition) is 0. The van der Waals surface area contributed by atoms with Gasteiger partial charge in [0.1, 0.15) is 0 Å². The summed E-state index contributed by atoms with van der Waals surface area (Å²) in [6.07, 6.45) is 0.494. The van der Waals surface area contributed by atoms with Crippen molar-refractivity contribution >= 4 is 22.0 Å². The van der Waals surface area contributed by atoms with Crippen LogP contribution in [0.25, 0.3) is 0 Å². The average molecular weight is 180 g/mol. The molecule has 0 saturated carbocycles. The second-order valence-electron chi connectivity index (χ2n) is 1.26. The molecule has 2 nitrogen and oxygen atoms in total. The van der Waals surface area contributed by atoms with Crippen LogP contribution < -0.4 is 0 Å². The van der Waals surface area contributed by atoms with E-state index in [-0.39, 0.29) is 5.97 Å². The van der Waals surface area contributed by atoms with Crippen LogP contribution in [0.4, 0.5) is 0 Å². The molecule has 0 aliphatic heterocycles. The summed E-state index contributed by atoms with van der Waals surface area (Å²) in [6.45, 7) is 2.29. The van der Waals surface area contributed by atoms with E-state index in [4.69, 9.17) is 0 Å². The fourth-order valence-electron chi connectivity index (χ4n) is 0.316. The Bertz CT molecular complexity index is 64.8. The van der Waals surface area contributed by atoms with Gasteiger partial charge in [-0.3, -0.25) is 0 Å². The van der Waals surface area contributed by atoms with Crippen molar-refractivity contribution in [1.82, 2.24) is 0 Å². The van der Waals surface area contributed by atoms with E-state index in [0.717, 1.165) is 5.32 Å². The fraction of sp³-hybridized carbons (Fsp3) is 0.800. The fourth-order valence-corrected chi connectivity index (χ4v) is 0.666. The summed E-state index contributed by atoms with van der Waals surface area (Å²) in [7, 11) is 0. The van der Waals surface area contributed by atoms with Crippen molar-refractivity contribution in [2.24, 2.45) is 0 Å². The van der Waals surface area contributed by atoms with Gasteiger partial charge in [-0.1, -0.05) is 0 Å². The quantitative estimate of drug-likeness (QED) is 0.467. The SMILES string of the molecule is CCOC(=O)CC[Se]. The zero-order chi connectivity index (χ0) is 6.41. The van der Waals surface area contributed by atoms with Gasteiger partial charge >= 0.3 is 56.8 Å². The molecule has 0 fully saturated rings. The molecule has 0 atom stereocenters. The molecular formula is C5H9O2Se. The number of rotatable bonds is 3. The van der Waals surface area contributed by atoms with Crippen molar-refractivity contribution in [3.05, 3.63) is 0 Å². The molecule has 0 amide bonds. The van der Waals surface area contributed by atoms with E-state index in [1.165, 1.54) is 0 Å². The maximum absolute atomic E-state index is 10.4. The molecule has 1 radical (unpaired) electrons. The van der Waals surface area contributed by atoms with Crippen molar-refractivity contribution in [3.8, 4) is 0 Å². The molecule has 3 heteroatoms. The molecule has 0 unspecified atom stereocenters. The summed E-state index contributed by atoms with van der Waals surface area (Å²) in [5, 5.41) is 0.749. The molecule has 0 aliphatic carbocycles. The topological polar surface area (TPSA) is 26.3 Å². The van der Waals surface area contributed by atoms with E-state index in [9.17, 15) is 4.79 Å². The van der Waals surface area contributed by atoms with Gasteiger partial charge in [0.25, 0.3) is 0 Å². The predicted molar refractivity (Wildman–Crippen MR) is 31.8 cm³/mol. The first-order chi connectivity index (χ1) is 3.81. The molecule has 0 rings (SSSR count). The number of ether oxygens (including phenoxy) is 1. The summed E-state index contributed by atoms with van der Waals surface area (Å²) in [5.41, 5.74) is 0. The summed E-state index contributed by atoms with van der Waals surface area (Å²) >= 11 is 2.73. The predicted octanol–water partition coefficient (Wildman–Crippen LogP) is 0.526. The van der Waals surface area contributed by atoms with Crippen molar-refractivity contribution in [2.45, 2.75) is 18.7 Å². The second-order valence-corrected chi connectivity index (χ2v) is 2.12. The van der Waals surface area contributed by atoms with Crippen LogP contribution in [0.2, 0.25) is 5.32 Å². The van der Waals surface area contributed by atoms with Gasteiger partial charge in [0.2, 0.25) is 0 Å². The van der Waals surface area contributed by atoms with Crippen molar-refractivity contribution in [3.63, 3.8) is 0 Å². The van der Waals surface area contributed by atoms with Gasteiger partial charge in [-0.05, 0) is 0 Å². The second kappa shape index (κ2) is 5.13. The number of esters is 1. The first kappa shape index (κ1) is 7.99. The Morgan fingerprint density at radius 2 is 2.38 bits per heavy atom. The molecule has 47 valence electrons. The van der Waals surface area contributed by atoms with E-state index in [0.29, 0.717) is 13.0 Å². The first-order valence-corrected chi connectivity index (χ1v) is 3.76. The zero-order valence-corrected chi connectivity index (χ0v) is 6.56. The molecule has 0 saturated heterocycles. The van der Waals surface area contributed by atoms with Gasteiger partial charge in [0.05, 0.1) is 0 Å². The van der Waals surface area contributed by atoms with Crippen LogP contribution in [0.3, 0.4) is 0 Å². The minimum absolute atomic E-state index is 0.119. The van der Waals surface area contributed by atoms with E-state index >= 15 is 0 Å². The normalized spacial score (nSPS) is 8.75. The Labute approximate surface area is 57.4 Å². The molecule has 0 aliphatic rings. The molecule has 0 aromatic carbocycles. The van der Waals surface area contributed by atoms with Gasteiger partial charge in [-0.25, -0.2) is 0 Å². The Morgan fingerprint density at radius 3 is 2.75 bits per heavy atom. The standard InChI is InChI=1S/C5H9O2Se/c1-2-7-5(6)3-4-8/h2-4H2,1H3. The van der Waals surface area contributed by atoms with Gasteiger partial charge in [-0.15, -0.1) is 0 Å². The van der Waals surface area contributed by atoms with Crippen molar-refractivity contribution in [1.29, 1.82) is 0 Å². The average Bonchev–Trinajstić information content (AvgIpc) is 1.68. The van der Waals surface area contributed by atoms with Gasteiger partial charge in [0.15, 0.2) is 0 Å². The van der Waals surface area contributed by atoms with Crippen molar-refractivity contribution < 1.29 is 9.53 Å². The van der Waals surface area contributed by atoms with Crippen molar-refractivity contribution in [2.75, 3.05) is 6.61 Å². The molecule has 0 spiro atoms. The zero-order valence-electron chi connectivity index (χ0n) is 4.85. The van der Waals surface area contributed by atoms with Crippen LogP contribution in [0.5, 0.6) is 0 Å². The van der Waals surface area contributed by atoms with Crippen LogP contribution in [-0.2, 0) is 9.53 Å². The summed E-state index contributed by atoms with van der Waals surface area (Å²) < 4.78 is 4.62. The van der Waals surface area contributed by atoms with E-state index in [1.54, 1.807) is 6.92 Å². The van der Waals surface area contributed by atoms with Gasteiger partial charge in [-0.2, -0.15) is 0 Å². The molecule has 0 heterocycles. The third-order valence-electron chi connectivity index (χ3n) is 0.612. The summed E-state index contributed by atoms with van der Waals surface area (Å²) in [4.78, 5) is 10.4. The monoisotopic (exact) mass is 181 g/mol. The third-order valence-corrected chi connectivity index (χ3v) is 1.04. The Morgan fingerprint density at radius 1 is 1.75 bits per heavy atom. The molecule has 8 heavy (non-hydrogen) atoms. The van der Waals surface area contributed by atoms with E-state index in [1.807, 2.05) is 0 Å². The number of hydrogen-bond acceptors (Lipinski definition) is 2. The van der Waals surface area contributed by atoms with Crippen LogP contribution in [0.15, 0.2) is 0 Å². The molecule has 0 bridgehead atoms.